The van der Waals surface area contributed by atoms with Crippen LogP contribution in [0.1, 0.15) is 15.9 Å². The first-order chi connectivity index (χ1) is 12.9. The molecule has 3 aromatic rings. The summed E-state index contributed by atoms with van der Waals surface area (Å²) in [4.78, 5) is 12.7. The number of epoxide rings is 1. The zero-order valence-corrected chi connectivity index (χ0v) is 14.1. The Morgan fingerprint density at radius 3 is 1.85 bits per heavy atom. The lowest BCUT2D eigenvalue weighted by Gasteiger charge is -2.17. The van der Waals surface area contributed by atoms with E-state index >= 15 is 0 Å². The zero-order chi connectivity index (χ0) is 19.1. The second-order valence-electron chi connectivity index (χ2n) is 6.40. The van der Waals surface area contributed by atoms with Gasteiger partial charge in [0, 0.05) is 5.56 Å². The summed E-state index contributed by atoms with van der Waals surface area (Å²) in [5.74, 6) is -0.671. The van der Waals surface area contributed by atoms with Crippen LogP contribution in [0.5, 0.6) is 0 Å². The highest BCUT2D eigenvalue weighted by Gasteiger charge is 2.76. The van der Waals surface area contributed by atoms with Gasteiger partial charge in [0.1, 0.15) is 0 Å². The van der Waals surface area contributed by atoms with Gasteiger partial charge in [0.15, 0.2) is 11.9 Å². The van der Waals surface area contributed by atoms with E-state index in [1.165, 1.54) is 24.3 Å². The normalized spacial score (nSPS) is 21.7. The highest BCUT2D eigenvalue weighted by Crippen LogP contribution is 2.58. The van der Waals surface area contributed by atoms with E-state index < -0.39 is 23.7 Å². The van der Waals surface area contributed by atoms with Crippen LogP contribution in [0.3, 0.4) is 0 Å². The van der Waals surface area contributed by atoms with Crippen molar-refractivity contribution in [1.29, 1.82) is 0 Å². The summed E-state index contributed by atoms with van der Waals surface area (Å²) in [6.07, 6.45) is -6.25. The molecule has 0 amide bonds. The number of carbonyl (C=O) groups excluding carboxylic acids is 1. The van der Waals surface area contributed by atoms with E-state index in [0.29, 0.717) is 0 Å². The molecule has 5 heteroatoms. The third kappa shape index (κ3) is 2.94. The van der Waals surface area contributed by atoms with Gasteiger partial charge in [-0.05, 0) is 16.7 Å². The fourth-order valence-corrected chi connectivity index (χ4v) is 3.28. The van der Waals surface area contributed by atoms with E-state index in [4.69, 9.17) is 4.74 Å². The Bertz CT molecular complexity index is 950. The molecule has 1 heterocycles. The number of rotatable bonds is 4. The molecular formula is C22H15F3O2. The Balaban J connectivity index is 1.62. The van der Waals surface area contributed by atoms with E-state index in [1.54, 1.807) is 30.3 Å². The second-order valence-corrected chi connectivity index (χ2v) is 6.40. The van der Waals surface area contributed by atoms with Crippen LogP contribution in [-0.4, -0.2) is 18.1 Å². The summed E-state index contributed by atoms with van der Waals surface area (Å²) in [6.45, 7) is 0. The van der Waals surface area contributed by atoms with Crippen LogP contribution in [0.15, 0.2) is 84.9 Å². The van der Waals surface area contributed by atoms with Gasteiger partial charge in [0.2, 0.25) is 5.60 Å². The molecule has 27 heavy (non-hydrogen) atoms. The Kier molecular flexibility index (Phi) is 4.12. The molecule has 0 saturated carbocycles. The third-order valence-electron chi connectivity index (χ3n) is 4.75. The maximum atomic E-state index is 13.7. The van der Waals surface area contributed by atoms with Crippen molar-refractivity contribution in [2.45, 2.75) is 17.9 Å². The Morgan fingerprint density at radius 2 is 1.30 bits per heavy atom. The molecule has 0 spiro atoms. The Hall–Kier alpha value is -2.92. The molecule has 2 atom stereocenters. The SMILES string of the molecule is O=C(c1ccc(-c2ccccc2)cc1)C1OC1(c1ccccc1)C(F)(F)F. The van der Waals surface area contributed by atoms with Crippen LogP contribution in [-0.2, 0) is 10.3 Å². The lowest BCUT2D eigenvalue weighted by atomic mass is 9.90. The van der Waals surface area contributed by atoms with Crippen molar-refractivity contribution < 1.29 is 22.7 Å². The molecule has 1 aliphatic heterocycles. The summed E-state index contributed by atoms with van der Waals surface area (Å²) in [7, 11) is 0. The third-order valence-corrected chi connectivity index (χ3v) is 4.75. The van der Waals surface area contributed by atoms with Crippen LogP contribution >= 0.6 is 0 Å². The molecule has 1 aliphatic rings. The fourth-order valence-electron chi connectivity index (χ4n) is 3.28. The zero-order valence-electron chi connectivity index (χ0n) is 14.1. The highest BCUT2D eigenvalue weighted by atomic mass is 19.4. The first-order valence-corrected chi connectivity index (χ1v) is 8.43. The molecule has 2 unspecified atom stereocenters. The van der Waals surface area contributed by atoms with Crippen molar-refractivity contribution in [1.82, 2.24) is 0 Å². The van der Waals surface area contributed by atoms with E-state index in [9.17, 15) is 18.0 Å². The molecule has 4 rings (SSSR count). The molecular weight excluding hydrogens is 353 g/mol. The molecule has 3 aromatic carbocycles. The molecule has 1 fully saturated rings. The first kappa shape index (κ1) is 17.5. The van der Waals surface area contributed by atoms with Crippen molar-refractivity contribution in [2.75, 3.05) is 0 Å². The van der Waals surface area contributed by atoms with Gasteiger partial charge in [0.25, 0.3) is 0 Å². The topological polar surface area (TPSA) is 29.6 Å². The van der Waals surface area contributed by atoms with Crippen molar-refractivity contribution in [3.05, 3.63) is 96.1 Å². The molecule has 1 saturated heterocycles. The highest BCUT2D eigenvalue weighted by molar-refractivity contribution is 6.02. The monoisotopic (exact) mass is 368 g/mol. The van der Waals surface area contributed by atoms with E-state index in [2.05, 4.69) is 0 Å². The molecule has 0 aliphatic carbocycles. The minimum absolute atomic E-state index is 0.0586. The van der Waals surface area contributed by atoms with Gasteiger partial charge in [-0.2, -0.15) is 13.2 Å². The number of Topliss-reactive ketones (excluding diaryl/α,β-unsaturated/α-hetero) is 1. The first-order valence-electron chi connectivity index (χ1n) is 8.43. The summed E-state index contributed by atoms with van der Waals surface area (Å²) in [5, 5.41) is 0. The summed E-state index contributed by atoms with van der Waals surface area (Å²) >= 11 is 0. The summed E-state index contributed by atoms with van der Waals surface area (Å²) in [6, 6.07) is 23.3. The fraction of sp³-hybridized carbons (Fsp3) is 0.136. The van der Waals surface area contributed by atoms with Crippen LogP contribution < -0.4 is 0 Å². The molecule has 136 valence electrons. The number of alkyl halides is 3. The van der Waals surface area contributed by atoms with Crippen LogP contribution in [0.2, 0.25) is 0 Å². The van der Waals surface area contributed by atoms with Gasteiger partial charge in [-0.15, -0.1) is 0 Å². The maximum absolute atomic E-state index is 13.7. The largest absolute Gasteiger partial charge is 0.424 e. The molecule has 2 nitrogen and oxygen atoms in total. The smallest absolute Gasteiger partial charge is 0.343 e. The van der Waals surface area contributed by atoms with E-state index in [1.807, 2.05) is 30.3 Å². The molecule has 0 N–H and O–H groups in total. The average Bonchev–Trinajstić information content (AvgIpc) is 3.46. The predicted octanol–water partition coefficient (Wildman–Crippen LogP) is 5.39. The lowest BCUT2D eigenvalue weighted by molar-refractivity contribution is -0.187. The number of halogens is 3. The van der Waals surface area contributed by atoms with Crippen LogP contribution in [0, 0.1) is 0 Å². The van der Waals surface area contributed by atoms with Crippen LogP contribution in [0.25, 0.3) is 11.1 Å². The van der Waals surface area contributed by atoms with Crippen LogP contribution in [0.4, 0.5) is 13.2 Å². The quantitative estimate of drug-likeness (QED) is 0.456. The van der Waals surface area contributed by atoms with Gasteiger partial charge in [0.05, 0.1) is 0 Å². The van der Waals surface area contributed by atoms with Crippen molar-refractivity contribution in [3.63, 3.8) is 0 Å². The van der Waals surface area contributed by atoms with Gasteiger partial charge < -0.3 is 4.74 Å². The average molecular weight is 368 g/mol. The molecule has 0 aromatic heterocycles. The van der Waals surface area contributed by atoms with Gasteiger partial charge >= 0.3 is 6.18 Å². The minimum atomic E-state index is -4.68. The number of carbonyl (C=O) groups is 1. The number of hydrogen-bond acceptors (Lipinski definition) is 2. The van der Waals surface area contributed by atoms with Crippen molar-refractivity contribution >= 4 is 5.78 Å². The molecule has 0 bridgehead atoms. The number of benzene rings is 3. The number of ketones is 1. The maximum Gasteiger partial charge on any atom is 0.424 e. The molecule has 0 radical (unpaired) electrons. The van der Waals surface area contributed by atoms with E-state index in [0.717, 1.165) is 11.1 Å². The lowest BCUT2D eigenvalue weighted by Crippen LogP contribution is -2.35. The predicted molar refractivity (Wildman–Crippen MR) is 95.3 cm³/mol. The van der Waals surface area contributed by atoms with Gasteiger partial charge in [-0.3, -0.25) is 4.79 Å². The number of ether oxygens (including phenoxy) is 1. The van der Waals surface area contributed by atoms with E-state index in [-0.39, 0.29) is 11.1 Å². The second kappa shape index (κ2) is 6.35. The minimum Gasteiger partial charge on any atom is -0.343 e. The summed E-state index contributed by atoms with van der Waals surface area (Å²) < 4.78 is 46.2. The van der Waals surface area contributed by atoms with Gasteiger partial charge in [-0.25, -0.2) is 0 Å². The Labute approximate surface area is 154 Å². The standard InChI is InChI=1S/C22H15F3O2/c23-22(24,25)21(18-9-5-2-6-10-18)20(27-21)19(26)17-13-11-16(12-14-17)15-7-3-1-4-8-15/h1-14,20H. The summed E-state index contributed by atoms with van der Waals surface area (Å²) in [5.41, 5.74) is -0.579. The van der Waals surface area contributed by atoms with Crippen molar-refractivity contribution in [3.8, 4) is 11.1 Å². The van der Waals surface area contributed by atoms with Crippen molar-refractivity contribution in [2.24, 2.45) is 0 Å². The Morgan fingerprint density at radius 1 is 0.778 bits per heavy atom. The number of hydrogen-bond donors (Lipinski definition) is 0. The van der Waals surface area contributed by atoms with Gasteiger partial charge in [-0.1, -0.05) is 84.9 Å².